The number of amides is 1. The first-order valence-corrected chi connectivity index (χ1v) is 11.9. The van der Waals surface area contributed by atoms with Gasteiger partial charge in [-0.1, -0.05) is 0 Å². The Hall–Kier alpha value is -3.30. The summed E-state index contributed by atoms with van der Waals surface area (Å²) in [6.07, 6.45) is 3.42. The number of nitrogens with one attached hydrogen (secondary N) is 1. The molecule has 0 aliphatic carbocycles. The van der Waals surface area contributed by atoms with Gasteiger partial charge in [-0.15, -0.1) is 11.3 Å². The van der Waals surface area contributed by atoms with Gasteiger partial charge < -0.3 is 15.0 Å². The third-order valence-electron chi connectivity index (χ3n) is 5.63. The van der Waals surface area contributed by atoms with Gasteiger partial charge in [-0.2, -0.15) is 5.10 Å². The number of anilines is 2. The molecular formula is C24H26N6O2S. The van der Waals surface area contributed by atoms with Crippen LogP contribution < -0.4 is 10.2 Å². The number of rotatable bonds is 5. The number of ether oxygens (including phenoxy) is 1. The molecule has 33 heavy (non-hydrogen) atoms. The number of carbonyl (C=O) groups is 1. The molecule has 0 aromatic carbocycles. The van der Waals surface area contributed by atoms with Crippen molar-refractivity contribution in [2.24, 2.45) is 0 Å². The minimum absolute atomic E-state index is 0.128. The zero-order chi connectivity index (χ0) is 22.9. The van der Waals surface area contributed by atoms with E-state index in [0.29, 0.717) is 30.1 Å². The summed E-state index contributed by atoms with van der Waals surface area (Å²) in [6, 6.07) is 9.90. The fourth-order valence-electron chi connectivity index (χ4n) is 3.92. The van der Waals surface area contributed by atoms with Crippen molar-refractivity contribution < 1.29 is 9.53 Å². The van der Waals surface area contributed by atoms with Gasteiger partial charge in [-0.3, -0.25) is 4.79 Å². The molecule has 1 N–H and O–H groups in total. The lowest BCUT2D eigenvalue weighted by atomic mass is 10.1. The summed E-state index contributed by atoms with van der Waals surface area (Å²) in [5, 5.41) is 8.23. The highest BCUT2D eigenvalue weighted by atomic mass is 32.1. The first-order chi connectivity index (χ1) is 16.0. The number of pyridine rings is 2. The predicted octanol–water partition coefficient (Wildman–Crippen LogP) is 4.53. The fraction of sp³-hybridized carbons (Fsp3) is 0.333. The van der Waals surface area contributed by atoms with Gasteiger partial charge in [0.1, 0.15) is 5.82 Å². The number of aromatic nitrogens is 4. The summed E-state index contributed by atoms with van der Waals surface area (Å²) in [4.78, 5) is 27.1. The van der Waals surface area contributed by atoms with Gasteiger partial charge in [-0.05, 0) is 51.1 Å². The lowest BCUT2D eigenvalue weighted by Gasteiger charge is -2.27. The van der Waals surface area contributed by atoms with Crippen LogP contribution >= 0.6 is 11.3 Å². The minimum atomic E-state index is -0.207. The molecular weight excluding hydrogens is 436 g/mol. The van der Waals surface area contributed by atoms with Crippen molar-refractivity contribution >= 4 is 39.8 Å². The third-order valence-corrected chi connectivity index (χ3v) is 6.66. The van der Waals surface area contributed by atoms with Crippen molar-refractivity contribution in [1.82, 2.24) is 19.7 Å². The molecule has 0 bridgehead atoms. The van der Waals surface area contributed by atoms with Crippen LogP contribution in [0.15, 0.2) is 42.7 Å². The smallest absolute Gasteiger partial charge is 0.256 e. The molecule has 0 atom stereocenters. The van der Waals surface area contributed by atoms with Gasteiger partial charge in [0.05, 0.1) is 52.8 Å². The second-order valence-electron chi connectivity index (χ2n) is 8.34. The van der Waals surface area contributed by atoms with Crippen LogP contribution in [0.1, 0.15) is 35.1 Å². The SMILES string of the molecule is Cc1ccc(-c2cc(C(=O)Nc3ccc(N4CCOCC4)nc3)c3cnn(C(C)C)c3n2)s1. The summed E-state index contributed by atoms with van der Waals surface area (Å²) in [6.45, 7) is 9.21. The van der Waals surface area contributed by atoms with Gasteiger partial charge >= 0.3 is 0 Å². The summed E-state index contributed by atoms with van der Waals surface area (Å²) in [5.74, 6) is 0.678. The van der Waals surface area contributed by atoms with E-state index in [4.69, 9.17) is 9.72 Å². The molecule has 9 heteroatoms. The third kappa shape index (κ3) is 4.34. The summed E-state index contributed by atoms with van der Waals surface area (Å²) in [7, 11) is 0. The molecule has 1 aliphatic heterocycles. The summed E-state index contributed by atoms with van der Waals surface area (Å²) in [5.41, 5.74) is 2.67. The normalized spacial score (nSPS) is 14.2. The van der Waals surface area contributed by atoms with Crippen LogP contribution in [-0.2, 0) is 4.74 Å². The van der Waals surface area contributed by atoms with E-state index in [9.17, 15) is 4.79 Å². The Labute approximate surface area is 196 Å². The average molecular weight is 463 g/mol. The highest BCUT2D eigenvalue weighted by Crippen LogP contribution is 2.31. The number of carbonyl (C=O) groups excluding carboxylic acids is 1. The molecule has 0 spiro atoms. The molecule has 1 saturated heterocycles. The Morgan fingerprint density at radius 2 is 1.97 bits per heavy atom. The molecule has 4 aromatic heterocycles. The maximum Gasteiger partial charge on any atom is 0.256 e. The second kappa shape index (κ2) is 8.92. The molecule has 1 aliphatic rings. The van der Waals surface area contributed by atoms with Gasteiger partial charge in [0.2, 0.25) is 0 Å². The number of aryl methyl sites for hydroxylation is 1. The quantitative estimate of drug-likeness (QED) is 0.469. The number of hydrogen-bond donors (Lipinski definition) is 1. The number of hydrogen-bond acceptors (Lipinski definition) is 7. The van der Waals surface area contributed by atoms with E-state index in [1.54, 1.807) is 23.7 Å². The average Bonchev–Trinajstić information content (AvgIpc) is 3.46. The number of fused-ring (bicyclic) bond motifs is 1. The highest BCUT2D eigenvalue weighted by Gasteiger charge is 2.20. The highest BCUT2D eigenvalue weighted by molar-refractivity contribution is 7.15. The van der Waals surface area contributed by atoms with Crippen LogP contribution in [0.4, 0.5) is 11.5 Å². The Morgan fingerprint density at radius 3 is 2.64 bits per heavy atom. The monoisotopic (exact) mass is 462 g/mol. The zero-order valence-electron chi connectivity index (χ0n) is 18.9. The first kappa shape index (κ1) is 21.5. The van der Waals surface area contributed by atoms with E-state index in [1.807, 2.05) is 28.9 Å². The van der Waals surface area contributed by atoms with Crippen molar-refractivity contribution in [2.75, 3.05) is 36.5 Å². The van der Waals surface area contributed by atoms with Crippen LogP contribution in [0, 0.1) is 6.92 Å². The van der Waals surface area contributed by atoms with Crippen LogP contribution in [0.3, 0.4) is 0 Å². The maximum atomic E-state index is 13.4. The van der Waals surface area contributed by atoms with Gasteiger partial charge in [0.25, 0.3) is 5.91 Å². The number of morpholine rings is 1. The van der Waals surface area contributed by atoms with Crippen LogP contribution in [0.5, 0.6) is 0 Å². The van der Waals surface area contributed by atoms with Crippen molar-refractivity contribution in [3.8, 4) is 10.6 Å². The number of nitrogens with zero attached hydrogens (tertiary/aromatic N) is 5. The minimum Gasteiger partial charge on any atom is -0.378 e. The molecule has 8 nitrogen and oxygen atoms in total. The van der Waals surface area contributed by atoms with E-state index in [2.05, 4.69) is 47.1 Å². The Bertz CT molecular complexity index is 1290. The van der Waals surface area contributed by atoms with Crippen molar-refractivity contribution in [1.29, 1.82) is 0 Å². The summed E-state index contributed by atoms with van der Waals surface area (Å²) < 4.78 is 7.26. The van der Waals surface area contributed by atoms with Crippen LogP contribution in [-0.4, -0.2) is 52.0 Å². The Kier molecular flexibility index (Phi) is 5.82. The lowest BCUT2D eigenvalue weighted by Crippen LogP contribution is -2.36. The molecule has 4 aromatic rings. The first-order valence-electron chi connectivity index (χ1n) is 11.0. The molecule has 0 radical (unpaired) electrons. The largest absolute Gasteiger partial charge is 0.378 e. The van der Waals surface area contributed by atoms with E-state index >= 15 is 0 Å². The maximum absolute atomic E-state index is 13.4. The van der Waals surface area contributed by atoms with Crippen LogP contribution in [0.25, 0.3) is 21.6 Å². The predicted molar refractivity (Wildman–Crippen MR) is 131 cm³/mol. The molecule has 1 amide bonds. The molecule has 0 saturated carbocycles. The van der Waals surface area contributed by atoms with Gasteiger partial charge in [-0.25, -0.2) is 14.6 Å². The van der Waals surface area contributed by atoms with Gasteiger partial charge in [0.15, 0.2) is 5.65 Å². The topological polar surface area (TPSA) is 85.2 Å². The zero-order valence-corrected chi connectivity index (χ0v) is 19.7. The lowest BCUT2D eigenvalue weighted by molar-refractivity contribution is 0.102. The van der Waals surface area contributed by atoms with E-state index in [0.717, 1.165) is 34.9 Å². The summed E-state index contributed by atoms with van der Waals surface area (Å²) >= 11 is 1.66. The van der Waals surface area contributed by atoms with Crippen molar-refractivity contribution in [2.45, 2.75) is 26.8 Å². The molecule has 0 unspecified atom stereocenters. The van der Waals surface area contributed by atoms with Gasteiger partial charge in [0, 0.05) is 24.0 Å². The van der Waals surface area contributed by atoms with E-state index < -0.39 is 0 Å². The van der Waals surface area contributed by atoms with Crippen molar-refractivity contribution in [3.05, 3.63) is 53.2 Å². The number of thiophene rings is 1. The van der Waals surface area contributed by atoms with E-state index in [1.165, 1.54) is 4.88 Å². The standard InChI is InChI=1S/C24H26N6O2S/c1-15(2)30-23-19(14-26-30)18(12-20(28-23)21-6-4-16(3)33-21)24(31)27-17-5-7-22(25-13-17)29-8-10-32-11-9-29/h4-7,12-15H,8-11H2,1-3H3,(H,27,31). The van der Waals surface area contributed by atoms with E-state index in [-0.39, 0.29) is 11.9 Å². The Morgan fingerprint density at radius 1 is 1.15 bits per heavy atom. The molecule has 170 valence electrons. The molecule has 1 fully saturated rings. The van der Waals surface area contributed by atoms with Crippen molar-refractivity contribution in [3.63, 3.8) is 0 Å². The molecule has 5 heterocycles. The fourth-order valence-corrected chi connectivity index (χ4v) is 4.75. The molecule has 5 rings (SSSR count). The second-order valence-corrected chi connectivity index (χ2v) is 9.63. The van der Waals surface area contributed by atoms with Crippen LogP contribution in [0.2, 0.25) is 0 Å². The Balaban J connectivity index is 1.47.